The first-order chi connectivity index (χ1) is 7.24. The first-order valence-electron chi connectivity index (χ1n) is 4.91. The molecule has 0 bridgehead atoms. The Labute approximate surface area is 88.9 Å². The first-order valence-corrected chi connectivity index (χ1v) is 4.91. The van der Waals surface area contributed by atoms with E-state index in [1.807, 2.05) is 0 Å². The molecule has 0 aliphatic carbocycles. The first kappa shape index (κ1) is 11.9. The van der Waals surface area contributed by atoms with Crippen molar-refractivity contribution in [1.82, 2.24) is 5.32 Å². The van der Waals surface area contributed by atoms with Gasteiger partial charge in [0.05, 0.1) is 6.61 Å². The quantitative estimate of drug-likeness (QED) is 0.700. The molecular weight excluding hydrogens is 197 g/mol. The molecule has 0 heterocycles. The summed E-state index contributed by atoms with van der Waals surface area (Å²) in [5.74, 6) is -0.865. The number of hydrogen-bond donors (Lipinski definition) is 2. The largest absolute Gasteiger partial charge is 0.505 e. The van der Waals surface area contributed by atoms with Crippen LogP contribution in [0.1, 0.15) is 5.56 Å². The van der Waals surface area contributed by atoms with Crippen LogP contribution in [0.3, 0.4) is 0 Å². The van der Waals surface area contributed by atoms with Crippen LogP contribution in [0.15, 0.2) is 18.2 Å². The monoisotopic (exact) mass is 213 g/mol. The standard InChI is InChI=1S/C11H16FNO2/c1-15-7-6-13-5-4-9-2-3-11(14)10(12)8-9/h2-3,8,13-14H,4-7H2,1H3. The van der Waals surface area contributed by atoms with E-state index in [4.69, 9.17) is 9.84 Å². The number of aromatic hydroxyl groups is 1. The molecule has 0 saturated heterocycles. The molecule has 0 amide bonds. The van der Waals surface area contributed by atoms with Crippen LogP contribution in [0, 0.1) is 5.82 Å². The Balaban J connectivity index is 2.28. The number of benzene rings is 1. The van der Waals surface area contributed by atoms with Gasteiger partial charge < -0.3 is 15.2 Å². The van der Waals surface area contributed by atoms with Crippen molar-refractivity contribution in [3.63, 3.8) is 0 Å². The Morgan fingerprint density at radius 2 is 2.20 bits per heavy atom. The molecule has 0 aliphatic heterocycles. The summed E-state index contributed by atoms with van der Waals surface area (Å²) in [6, 6.07) is 4.45. The van der Waals surface area contributed by atoms with Gasteiger partial charge in [-0.05, 0) is 30.7 Å². The van der Waals surface area contributed by atoms with Crippen LogP contribution in [0.5, 0.6) is 5.75 Å². The summed E-state index contributed by atoms with van der Waals surface area (Å²) in [7, 11) is 1.65. The third-order valence-electron chi connectivity index (χ3n) is 2.09. The van der Waals surface area contributed by atoms with Gasteiger partial charge in [-0.1, -0.05) is 6.07 Å². The van der Waals surface area contributed by atoms with Crippen molar-refractivity contribution in [3.8, 4) is 5.75 Å². The fraction of sp³-hybridized carbons (Fsp3) is 0.455. The Bertz CT molecular complexity index is 305. The van der Waals surface area contributed by atoms with Crippen LogP contribution < -0.4 is 5.32 Å². The summed E-state index contributed by atoms with van der Waals surface area (Å²) < 4.78 is 17.8. The van der Waals surface area contributed by atoms with Crippen molar-refractivity contribution < 1.29 is 14.2 Å². The van der Waals surface area contributed by atoms with Crippen molar-refractivity contribution in [2.24, 2.45) is 0 Å². The third kappa shape index (κ3) is 4.27. The van der Waals surface area contributed by atoms with Gasteiger partial charge in [0.1, 0.15) is 0 Å². The molecule has 1 aromatic rings. The zero-order valence-corrected chi connectivity index (χ0v) is 8.79. The smallest absolute Gasteiger partial charge is 0.165 e. The predicted octanol–water partition coefficient (Wildman–Crippen LogP) is 1.31. The van der Waals surface area contributed by atoms with Gasteiger partial charge in [-0.2, -0.15) is 0 Å². The van der Waals surface area contributed by atoms with Crippen molar-refractivity contribution >= 4 is 0 Å². The van der Waals surface area contributed by atoms with Crippen molar-refractivity contribution in [1.29, 1.82) is 0 Å². The number of phenolic OH excluding ortho intramolecular Hbond substituents is 1. The molecule has 1 rings (SSSR count). The number of halogens is 1. The number of methoxy groups -OCH3 is 1. The number of nitrogens with one attached hydrogen (secondary N) is 1. The maximum Gasteiger partial charge on any atom is 0.165 e. The summed E-state index contributed by atoms with van der Waals surface area (Å²) >= 11 is 0. The molecule has 0 spiro atoms. The molecule has 3 nitrogen and oxygen atoms in total. The minimum absolute atomic E-state index is 0.300. The number of rotatable bonds is 6. The van der Waals surface area contributed by atoms with Crippen LogP contribution in [-0.2, 0) is 11.2 Å². The molecule has 15 heavy (non-hydrogen) atoms. The summed E-state index contributed by atoms with van der Waals surface area (Å²) in [5.41, 5.74) is 0.871. The van der Waals surface area contributed by atoms with Crippen molar-refractivity contribution in [2.45, 2.75) is 6.42 Å². The summed E-state index contributed by atoms with van der Waals surface area (Å²) in [6.45, 7) is 2.23. The van der Waals surface area contributed by atoms with E-state index in [1.165, 1.54) is 12.1 Å². The Hall–Kier alpha value is -1.13. The van der Waals surface area contributed by atoms with Gasteiger partial charge in [-0.15, -0.1) is 0 Å². The van der Waals surface area contributed by atoms with Crippen LogP contribution in [0.4, 0.5) is 4.39 Å². The van der Waals surface area contributed by atoms with E-state index in [-0.39, 0.29) is 5.75 Å². The van der Waals surface area contributed by atoms with Crippen molar-refractivity contribution in [2.75, 3.05) is 26.8 Å². The van der Waals surface area contributed by atoms with Gasteiger partial charge in [-0.3, -0.25) is 0 Å². The molecule has 0 fully saturated rings. The Morgan fingerprint density at radius 3 is 2.87 bits per heavy atom. The van der Waals surface area contributed by atoms with Gasteiger partial charge in [0.2, 0.25) is 0 Å². The van der Waals surface area contributed by atoms with E-state index in [2.05, 4.69) is 5.32 Å². The topological polar surface area (TPSA) is 41.5 Å². The summed E-state index contributed by atoms with van der Waals surface area (Å²) in [4.78, 5) is 0. The number of ether oxygens (including phenoxy) is 1. The Morgan fingerprint density at radius 1 is 1.40 bits per heavy atom. The molecule has 0 radical (unpaired) electrons. The second kappa shape index (κ2) is 6.37. The fourth-order valence-electron chi connectivity index (χ4n) is 1.24. The molecule has 2 N–H and O–H groups in total. The highest BCUT2D eigenvalue weighted by Crippen LogP contribution is 2.16. The lowest BCUT2D eigenvalue weighted by Crippen LogP contribution is -2.21. The molecule has 84 valence electrons. The van der Waals surface area contributed by atoms with Gasteiger partial charge in [-0.25, -0.2) is 4.39 Å². The molecule has 1 aromatic carbocycles. The average Bonchev–Trinajstić information content (AvgIpc) is 2.23. The van der Waals surface area contributed by atoms with Gasteiger partial charge in [0.15, 0.2) is 11.6 Å². The van der Waals surface area contributed by atoms with E-state index in [9.17, 15) is 4.39 Å². The molecule has 0 saturated carbocycles. The molecule has 0 aromatic heterocycles. The minimum atomic E-state index is -0.565. The number of phenols is 1. The van der Waals surface area contributed by atoms with Crippen LogP contribution >= 0.6 is 0 Å². The highest BCUT2D eigenvalue weighted by atomic mass is 19.1. The van der Waals surface area contributed by atoms with E-state index < -0.39 is 5.82 Å². The number of hydrogen-bond acceptors (Lipinski definition) is 3. The highest BCUT2D eigenvalue weighted by molar-refractivity contribution is 5.28. The summed E-state index contributed by atoms with van der Waals surface area (Å²) in [5, 5.41) is 12.1. The normalized spacial score (nSPS) is 10.5. The zero-order valence-electron chi connectivity index (χ0n) is 8.79. The van der Waals surface area contributed by atoms with Crippen molar-refractivity contribution in [3.05, 3.63) is 29.6 Å². The van der Waals surface area contributed by atoms with Gasteiger partial charge in [0, 0.05) is 13.7 Å². The second-order valence-electron chi connectivity index (χ2n) is 3.28. The SMILES string of the molecule is COCCNCCc1ccc(O)c(F)c1. The maximum atomic E-state index is 12.9. The minimum Gasteiger partial charge on any atom is -0.505 e. The molecule has 4 heteroatoms. The molecule has 0 aliphatic rings. The Kier molecular flexibility index (Phi) is 5.07. The van der Waals surface area contributed by atoms with Gasteiger partial charge in [0.25, 0.3) is 0 Å². The zero-order chi connectivity index (χ0) is 11.1. The lowest BCUT2D eigenvalue weighted by Gasteiger charge is -2.04. The fourth-order valence-corrected chi connectivity index (χ4v) is 1.24. The summed E-state index contributed by atoms with van der Waals surface area (Å²) in [6.07, 6.45) is 0.737. The molecule has 0 atom stereocenters. The van der Waals surface area contributed by atoms with E-state index in [0.717, 1.165) is 25.1 Å². The predicted molar refractivity (Wildman–Crippen MR) is 56.5 cm³/mol. The third-order valence-corrected chi connectivity index (χ3v) is 2.09. The molecule has 0 unspecified atom stereocenters. The lowest BCUT2D eigenvalue weighted by molar-refractivity contribution is 0.199. The van der Waals surface area contributed by atoms with Crippen LogP contribution in [0.2, 0.25) is 0 Å². The molecular formula is C11H16FNO2. The highest BCUT2D eigenvalue weighted by Gasteiger charge is 2.00. The lowest BCUT2D eigenvalue weighted by atomic mass is 10.1. The maximum absolute atomic E-state index is 12.9. The van der Waals surface area contributed by atoms with Crippen LogP contribution in [-0.4, -0.2) is 31.9 Å². The average molecular weight is 213 g/mol. The van der Waals surface area contributed by atoms with Crippen LogP contribution in [0.25, 0.3) is 0 Å². The van der Waals surface area contributed by atoms with E-state index >= 15 is 0 Å². The van der Waals surface area contributed by atoms with E-state index in [1.54, 1.807) is 13.2 Å². The second-order valence-corrected chi connectivity index (χ2v) is 3.28. The van der Waals surface area contributed by atoms with Gasteiger partial charge >= 0.3 is 0 Å². The van der Waals surface area contributed by atoms with E-state index in [0.29, 0.717) is 6.61 Å².